The van der Waals surface area contributed by atoms with Crippen LogP contribution in [0.4, 0.5) is 0 Å². The van der Waals surface area contributed by atoms with Crippen LogP contribution in [0.2, 0.25) is 0 Å². The van der Waals surface area contributed by atoms with Gasteiger partial charge in [-0.3, -0.25) is 14.4 Å². The molecule has 0 radical (unpaired) electrons. The monoisotopic (exact) mass is 290 g/mol. The number of carbonyl (C=O) groups is 3. The lowest BCUT2D eigenvalue weighted by atomic mass is 10.1. The molecular weight excluding hydrogens is 272 g/mol. The van der Waals surface area contributed by atoms with Gasteiger partial charge in [0.1, 0.15) is 6.04 Å². The summed E-state index contributed by atoms with van der Waals surface area (Å²) in [6.07, 6.45) is 1.50. The second-order valence-electron chi connectivity index (χ2n) is 5.15. The summed E-state index contributed by atoms with van der Waals surface area (Å²) in [5.41, 5.74) is 1.35. The van der Waals surface area contributed by atoms with Crippen LogP contribution < -0.4 is 5.32 Å². The molecule has 0 aromatic heterocycles. The first-order valence-corrected chi connectivity index (χ1v) is 6.88. The Morgan fingerprint density at radius 3 is 2.52 bits per heavy atom. The van der Waals surface area contributed by atoms with E-state index < -0.39 is 17.9 Å². The van der Waals surface area contributed by atoms with Crippen molar-refractivity contribution in [3.8, 4) is 0 Å². The lowest BCUT2D eigenvalue weighted by Gasteiger charge is -2.15. The molecule has 6 heteroatoms. The van der Waals surface area contributed by atoms with Crippen molar-refractivity contribution in [1.82, 2.24) is 10.2 Å². The summed E-state index contributed by atoms with van der Waals surface area (Å²) in [4.78, 5) is 35.9. The minimum Gasteiger partial charge on any atom is -0.480 e. The number of nitrogens with one attached hydrogen (secondary N) is 1. The summed E-state index contributed by atoms with van der Waals surface area (Å²) in [6.45, 7) is 2.73. The third-order valence-electron chi connectivity index (χ3n) is 3.48. The molecule has 0 saturated carbocycles. The van der Waals surface area contributed by atoms with Crippen molar-refractivity contribution in [3.05, 3.63) is 35.4 Å². The Hall–Kier alpha value is -2.37. The van der Waals surface area contributed by atoms with Crippen LogP contribution in [0.3, 0.4) is 0 Å². The highest BCUT2D eigenvalue weighted by Gasteiger charge is 2.20. The second-order valence-corrected chi connectivity index (χ2v) is 5.15. The molecule has 1 atom stereocenters. The Morgan fingerprint density at radius 1 is 1.33 bits per heavy atom. The van der Waals surface area contributed by atoms with Gasteiger partial charge in [-0.05, 0) is 31.0 Å². The molecule has 1 aliphatic heterocycles. The number of amides is 2. The maximum Gasteiger partial charge on any atom is 0.325 e. The fourth-order valence-corrected chi connectivity index (χ4v) is 2.19. The van der Waals surface area contributed by atoms with Gasteiger partial charge < -0.3 is 15.3 Å². The number of benzene rings is 1. The first-order chi connectivity index (χ1) is 9.97. The van der Waals surface area contributed by atoms with E-state index >= 15 is 0 Å². The number of rotatable bonds is 5. The summed E-state index contributed by atoms with van der Waals surface area (Å²) in [7, 11) is 0. The summed E-state index contributed by atoms with van der Waals surface area (Å²) in [5, 5.41) is 11.1. The van der Waals surface area contributed by atoms with Crippen molar-refractivity contribution in [2.45, 2.75) is 32.4 Å². The molecule has 1 saturated heterocycles. The minimum absolute atomic E-state index is 0.159. The largest absolute Gasteiger partial charge is 0.480 e. The molecule has 1 aromatic rings. The molecule has 1 aliphatic rings. The first kappa shape index (κ1) is 15.0. The van der Waals surface area contributed by atoms with E-state index in [1.807, 2.05) is 0 Å². The molecule has 6 nitrogen and oxygen atoms in total. The number of carboxylic acids is 1. The van der Waals surface area contributed by atoms with Crippen LogP contribution in [0.25, 0.3) is 0 Å². The molecule has 1 aromatic carbocycles. The van der Waals surface area contributed by atoms with Crippen molar-refractivity contribution in [1.29, 1.82) is 0 Å². The van der Waals surface area contributed by atoms with Crippen molar-refractivity contribution in [3.63, 3.8) is 0 Å². The number of hydrogen-bond donors (Lipinski definition) is 2. The lowest BCUT2D eigenvalue weighted by molar-refractivity contribution is -0.138. The Bertz CT molecular complexity index is 553. The van der Waals surface area contributed by atoms with Gasteiger partial charge in [-0.15, -0.1) is 0 Å². The van der Waals surface area contributed by atoms with Gasteiger partial charge in [0, 0.05) is 25.1 Å². The number of hydrogen-bond acceptors (Lipinski definition) is 3. The molecule has 0 aliphatic carbocycles. The third kappa shape index (κ3) is 3.81. The van der Waals surface area contributed by atoms with Gasteiger partial charge in [0.05, 0.1) is 0 Å². The van der Waals surface area contributed by atoms with E-state index in [4.69, 9.17) is 5.11 Å². The summed E-state index contributed by atoms with van der Waals surface area (Å²) >= 11 is 0. The molecule has 2 N–H and O–H groups in total. The molecule has 0 spiro atoms. The van der Waals surface area contributed by atoms with E-state index in [9.17, 15) is 14.4 Å². The lowest BCUT2D eigenvalue weighted by Crippen LogP contribution is -2.38. The van der Waals surface area contributed by atoms with E-state index in [1.165, 1.54) is 6.92 Å². The van der Waals surface area contributed by atoms with E-state index in [0.717, 1.165) is 18.5 Å². The predicted octanol–water partition coefficient (Wildman–Crippen LogP) is 1.01. The van der Waals surface area contributed by atoms with Crippen molar-refractivity contribution in [2.24, 2.45) is 0 Å². The van der Waals surface area contributed by atoms with Crippen molar-refractivity contribution < 1.29 is 19.5 Å². The van der Waals surface area contributed by atoms with Gasteiger partial charge in [-0.2, -0.15) is 0 Å². The maximum atomic E-state index is 11.8. The quantitative estimate of drug-likeness (QED) is 0.847. The predicted molar refractivity (Wildman–Crippen MR) is 75.7 cm³/mol. The van der Waals surface area contributed by atoms with E-state index in [-0.39, 0.29) is 5.91 Å². The van der Waals surface area contributed by atoms with E-state index in [2.05, 4.69) is 5.32 Å². The van der Waals surface area contributed by atoms with Crippen LogP contribution in [-0.4, -0.2) is 40.4 Å². The van der Waals surface area contributed by atoms with Crippen LogP contribution in [0.1, 0.15) is 35.7 Å². The maximum absolute atomic E-state index is 11.8. The van der Waals surface area contributed by atoms with Crippen molar-refractivity contribution >= 4 is 17.8 Å². The van der Waals surface area contributed by atoms with Gasteiger partial charge in [-0.1, -0.05) is 12.1 Å². The van der Waals surface area contributed by atoms with Gasteiger partial charge in [0.2, 0.25) is 5.91 Å². The highest BCUT2D eigenvalue weighted by Crippen LogP contribution is 2.14. The summed E-state index contributed by atoms with van der Waals surface area (Å²) < 4.78 is 0. The average molecular weight is 290 g/mol. The van der Waals surface area contributed by atoms with Crippen LogP contribution in [0, 0.1) is 0 Å². The molecule has 1 unspecified atom stereocenters. The van der Waals surface area contributed by atoms with Gasteiger partial charge in [0.25, 0.3) is 5.91 Å². The number of nitrogens with zero attached hydrogens (tertiary/aromatic N) is 1. The smallest absolute Gasteiger partial charge is 0.325 e. The molecule has 0 bridgehead atoms. The molecule has 2 rings (SSSR count). The second kappa shape index (κ2) is 6.39. The first-order valence-electron chi connectivity index (χ1n) is 6.88. The van der Waals surface area contributed by atoms with Crippen molar-refractivity contribution in [2.75, 3.05) is 6.54 Å². The highest BCUT2D eigenvalue weighted by molar-refractivity contribution is 5.96. The Balaban J connectivity index is 1.96. The fourth-order valence-electron chi connectivity index (χ4n) is 2.19. The Labute approximate surface area is 122 Å². The van der Waals surface area contributed by atoms with Gasteiger partial charge in [0.15, 0.2) is 0 Å². The molecule has 2 amide bonds. The molecule has 21 heavy (non-hydrogen) atoms. The minimum atomic E-state index is -1.08. The third-order valence-corrected chi connectivity index (χ3v) is 3.48. The van der Waals surface area contributed by atoms with E-state index in [1.54, 1.807) is 29.2 Å². The normalized spacial score (nSPS) is 15.9. The number of carbonyl (C=O) groups excluding carboxylic acids is 2. The fraction of sp³-hybridized carbons (Fsp3) is 0.400. The molecule has 112 valence electrons. The van der Waals surface area contributed by atoms with E-state index in [0.29, 0.717) is 18.5 Å². The van der Waals surface area contributed by atoms with Crippen LogP contribution in [-0.2, 0) is 16.1 Å². The van der Waals surface area contributed by atoms with Crippen LogP contribution >= 0.6 is 0 Å². The van der Waals surface area contributed by atoms with Gasteiger partial charge in [-0.25, -0.2) is 0 Å². The summed E-state index contributed by atoms with van der Waals surface area (Å²) in [6, 6.07) is 5.91. The zero-order chi connectivity index (χ0) is 15.4. The summed E-state index contributed by atoms with van der Waals surface area (Å²) in [5.74, 6) is -1.34. The standard InChI is InChI=1S/C15H18N2O4/c1-10(15(20)21)16-14(19)12-6-4-11(5-7-12)9-17-8-2-3-13(17)18/h4-7,10H,2-3,8-9H2,1H3,(H,16,19)(H,20,21). The molecule has 1 fully saturated rings. The topological polar surface area (TPSA) is 86.7 Å². The van der Waals surface area contributed by atoms with Gasteiger partial charge >= 0.3 is 5.97 Å². The molecule has 1 heterocycles. The molecular formula is C15H18N2O4. The Morgan fingerprint density at radius 2 is 2.00 bits per heavy atom. The highest BCUT2D eigenvalue weighted by atomic mass is 16.4. The number of aliphatic carboxylic acids is 1. The average Bonchev–Trinajstić information content (AvgIpc) is 2.85. The number of carboxylic acid groups (broad SMARTS) is 1. The zero-order valence-electron chi connectivity index (χ0n) is 11.8. The SMILES string of the molecule is CC(NC(=O)c1ccc(CN2CCCC2=O)cc1)C(=O)O. The van der Waals surface area contributed by atoms with Crippen LogP contribution in [0.15, 0.2) is 24.3 Å². The zero-order valence-corrected chi connectivity index (χ0v) is 11.8. The van der Waals surface area contributed by atoms with Crippen LogP contribution in [0.5, 0.6) is 0 Å². The number of likely N-dealkylation sites (tertiary alicyclic amines) is 1. The Kier molecular flexibility index (Phi) is 4.57.